The number of amides is 1. The van der Waals surface area contributed by atoms with E-state index >= 15 is 0 Å². The zero-order valence-electron chi connectivity index (χ0n) is 10.1. The molecule has 0 bridgehead atoms. The number of phosphoric ester groups is 1. The van der Waals surface area contributed by atoms with Crippen molar-refractivity contribution in [3.8, 4) is 0 Å². The van der Waals surface area contributed by atoms with Gasteiger partial charge in [0.2, 0.25) is 5.76 Å². The molecule has 7 nitrogen and oxygen atoms in total. The molecule has 1 heterocycles. The van der Waals surface area contributed by atoms with Crippen LogP contribution in [0.15, 0.2) is 11.3 Å². The van der Waals surface area contributed by atoms with Gasteiger partial charge in [0.15, 0.2) is 0 Å². The predicted octanol–water partition coefficient (Wildman–Crippen LogP) is 1.34. The molecule has 0 unspecified atom stereocenters. The van der Waals surface area contributed by atoms with Gasteiger partial charge in [-0.3, -0.25) is 13.8 Å². The van der Waals surface area contributed by atoms with Gasteiger partial charge in [0, 0.05) is 27.3 Å². The van der Waals surface area contributed by atoms with E-state index in [1.807, 2.05) is 0 Å². The van der Waals surface area contributed by atoms with Crippen molar-refractivity contribution >= 4 is 25.3 Å². The second kappa shape index (κ2) is 7.11. The lowest BCUT2D eigenvalue weighted by atomic mass is 10.4. The Balaban J connectivity index is 2.71. The molecule has 0 aromatic carbocycles. The molecule has 0 saturated carbocycles. The molecular formula is C9H15ClNO6P. The average molecular weight is 300 g/mol. The standard InChI is InChI=1S/C9H15ClNO6P/c1-14-18(13,15-2)17-8(7-10)9(12)11-3-5-16-6-4-11/h7H,3-6H2,1-2H3/b8-7+. The van der Waals surface area contributed by atoms with Crippen molar-refractivity contribution < 1.29 is 27.7 Å². The molecule has 1 aliphatic heterocycles. The highest BCUT2D eigenvalue weighted by Crippen LogP contribution is 2.49. The minimum Gasteiger partial charge on any atom is -0.397 e. The summed E-state index contributed by atoms with van der Waals surface area (Å²) < 4.78 is 30.9. The molecule has 104 valence electrons. The Morgan fingerprint density at radius 2 is 1.89 bits per heavy atom. The zero-order chi connectivity index (χ0) is 13.6. The molecular weight excluding hydrogens is 285 g/mol. The largest absolute Gasteiger partial charge is 0.529 e. The van der Waals surface area contributed by atoms with Crippen LogP contribution in [0.3, 0.4) is 0 Å². The molecule has 0 N–H and O–H groups in total. The van der Waals surface area contributed by atoms with Gasteiger partial charge < -0.3 is 14.2 Å². The minimum absolute atomic E-state index is 0.286. The third kappa shape index (κ3) is 3.96. The summed E-state index contributed by atoms with van der Waals surface area (Å²) in [7, 11) is -1.49. The van der Waals surface area contributed by atoms with Gasteiger partial charge in [0.05, 0.1) is 18.7 Å². The number of carbonyl (C=O) groups excluding carboxylic acids is 1. The molecule has 18 heavy (non-hydrogen) atoms. The zero-order valence-corrected chi connectivity index (χ0v) is 11.8. The minimum atomic E-state index is -3.79. The Morgan fingerprint density at radius 1 is 1.33 bits per heavy atom. The SMILES string of the molecule is COP(=O)(OC)O/C(=C/Cl)C(=O)N1CCOCC1. The van der Waals surface area contributed by atoms with Gasteiger partial charge in [0.1, 0.15) is 0 Å². The van der Waals surface area contributed by atoms with Crippen LogP contribution in [-0.4, -0.2) is 51.3 Å². The third-order valence-corrected chi connectivity index (χ3v) is 3.78. The fourth-order valence-electron chi connectivity index (χ4n) is 1.30. The van der Waals surface area contributed by atoms with Gasteiger partial charge >= 0.3 is 7.82 Å². The van der Waals surface area contributed by atoms with Crippen LogP contribution in [0.4, 0.5) is 0 Å². The lowest BCUT2D eigenvalue weighted by Gasteiger charge is -2.27. The van der Waals surface area contributed by atoms with E-state index < -0.39 is 13.7 Å². The lowest BCUT2D eigenvalue weighted by Crippen LogP contribution is -2.41. The molecule has 1 amide bonds. The number of morpholine rings is 1. The maximum atomic E-state index is 12.0. The van der Waals surface area contributed by atoms with E-state index in [2.05, 4.69) is 9.05 Å². The lowest BCUT2D eigenvalue weighted by molar-refractivity contribution is -0.133. The van der Waals surface area contributed by atoms with Gasteiger partial charge in [-0.25, -0.2) is 4.57 Å². The van der Waals surface area contributed by atoms with Crippen LogP contribution in [0, 0.1) is 0 Å². The van der Waals surface area contributed by atoms with E-state index in [1.54, 1.807) is 0 Å². The predicted molar refractivity (Wildman–Crippen MR) is 64.0 cm³/mol. The van der Waals surface area contributed by atoms with Crippen molar-refractivity contribution in [2.24, 2.45) is 0 Å². The Bertz CT molecular complexity index is 360. The highest BCUT2D eigenvalue weighted by atomic mass is 35.5. The van der Waals surface area contributed by atoms with Crippen LogP contribution < -0.4 is 0 Å². The summed E-state index contributed by atoms with van der Waals surface area (Å²) in [5.74, 6) is -0.770. The maximum absolute atomic E-state index is 12.0. The molecule has 1 rings (SSSR count). The van der Waals surface area contributed by atoms with Crippen molar-refractivity contribution in [1.82, 2.24) is 4.90 Å². The van der Waals surface area contributed by atoms with E-state index in [1.165, 1.54) is 4.90 Å². The quantitative estimate of drug-likeness (QED) is 0.433. The van der Waals surface area contributed by atoms with Crippen LogP contribution in [0.5, 0.6) is 0 Å². The number of halogens is 1. The van der Waals surface area contributed by atoms with Gasteiger partial charge in [0.25, 0.3) is 5.91 Å². The monoisotopic (exact) mass is 299 g/mol. The summed E-state index contributed by atoms with van der Waals surface area (Å²) in [5.41, 5.74) is 0.905. The second-order valence-electron chi connectivity index (χ2n) is 3.28. The molecule has 0 radical (unpaired) electrons. The summed E-state index contributed by atoms with van der Waals surface area (Å²) in [4.78, 5) is 13.5. The van der Waals surface area contributed by atoms with Gasteiger partial charge in [-0.1, -0.05) is 11.6 Å². The maximum Gasteiger partial charge on any atom is 0.529 e. The first-order valence-electron chi connectivity index (χ1n) is 5.15. The van der Waals surface area contributed by atoms with Crippen molar-refractivity contribution in [3.05, 3.63) is 11.3 Å². The van der Waals surface area contributed by atoms with Crippen LogP contribution in [-0.2, 0) is 27.7 Å². The number of phosphoric acid groups is 1. The van der Waals surface area contributed by atoms with Gasteiger partial charge in [-0.05, 0) is 0 Å². The molecule has 0 atom stereocenters. The van der Waals surface area contributed by atoms with Crippen molar-refractivity contribution in [3.63, 3.8) is 0 Å². The van der Waals surface area contributed by atoms with E-state index in [0.29, 0.717) is 26.3 Å². The second-order valence-corrected chi connectivity index (χ2v) is 5.31. The van der Waals surface area contributed by atoms with Crippen molar-refractivity contribution in [2.75, 3.05) is 40.5 Å². The van der Waals surface area contributed by atoms with E-state index in [4.69, 9.17) is 20.9 Å². The summed E-state index contributed by atoms with van der Waals surface area (Å²) >= 11 is 5.50. The molecule has 1 saturated heterocycles. The Labute approximate surface area is 110 Å². The van der Waals surface area contributed by atoms with E-state index in [-0.39, 0.29) is 5.76 Å². The fraction of sp³-hybridized carbons (Fsp3) is 0.667. The van der Waals surface area contributed by atoms with Crippen LogP contribution >= 0.6 is 19.4 Å². The molecule has 0 spiro atoms. The van der Waals surface area contributed by atoms with Gasteiger partial charge in [-0.2, -0.15) is 0 Å². The summed E-state index contributed by atoms with van der Waals surface area (Å²) in [5, 5.41) is 0. The Kier molecular flexibility index (Phi) is 6.11. The first kappa shape index (κ1) is 15.5. The van der Waals surface area contributed by atoms with E-state index in [9.17, 15) is 9.36 Å². The van der Waals surface area contributed by atoms with Crippen LogP contribution in [0.1, 0.15) is 0 Å². The highest BCUT2D eigenvalue weighted by Gasteiger charge is 2.31. The number of ether oxygens (including phenoxy) is 1. The number of hydrogen-bond acceptors (Lipinski definition) is 6. The molecule has 0 aromatic heterocycles. The Morgan fingerprint density at radius 3 is 2.33 bits per heavy atom. The first-order valence-corrected chi connectivity index (χ1v) is 7.04. The van der Waals surface area contributed by atoms with E-state index in [0.717, 1.165) is 19.8 Å². The number of nitrogens with zero attached hydrogens (tertiary/aromatic N) is 1. The number of rotatable bonds is 5. The normalized spacial score (nSPS) is 17.7. The summed E-state index contributed by atoms with van der Waals surface area (Å²) in [6.45, 7) is 1.71. The molecule has 0 aliphatic carbocycles. The number of hydrogen-bond donors (Lipinski definition) is 0. The van der Waals surface area contributed by atoms with Crippen molar-refractivity contribution in [1.29, 1.82) is 0 Å². The molecule has 9 heteroatoms. The third-order valence-electron chi connectivity index (χ3n) is 2.27. The molecule has 1 aliphatic rings. The Hall–Kier alpha value is -0.590. The summed E-state index contributed by atoms with van der Waals surface area (Å²) in [6, 6.07) is 0. The van der Waals surface area contributed by atoms with Gasteiger partial charge in [-0.15, -0.1) is 0 Å². The smallest absolute Gasteiger partial charge is 0.397 e. The number of carbonyl (C=O) groups is 1. The average Bonchev–Trinajstić information content (AvgIpc) is 2.44. The molecule has 1 fully saturated rings. The topological polar surface area (TPSA) is 74.3 Å². The van der Waals surface area contributed by atoms with Crippen LogP contribution in [0.25, 0.3) is 0 Å². The van der Waals surface area contributed by atoms with Crippen LogP contribution in [0.2, 0.25) is 0 Å². The fourth-order valence-corrected chi connectivity index (χ4v) is 2.17. The summed E-state index contributed by atoms with van der Waals surface area (Å²) in [6.07, 6.45) is 0. The first-order chi connectivity index (χ1) is 8.56. The highest BCUT2D eigenvalue weighted by molar-refractivity contribution is 7.48. The van der Waals surface area contributed by atoms with Crippen molar-refractivity contribution in [2.45, 2.75) is 0 Å². The molecule has 0 aromatic rings.